The number of hydrogen-bond acceptors (Lipinski definition) is 5. The van der Waals surface area contributed by atoms with Crippen LogP contribution in [0.15, 0.2) is 36.5 Å². The normalized spacial score (nSPS) is 12.9. The van der Waals surface area contributed by atoms with Gasteiger partial charge in [-0.05, 0) is 51.4 Å². The van der Waals surface area contributed by atoms with Crippen LogP contribution >= 0.6 is 0 Å². The number of aliphatic hydroxyl groups is 2. The Kier molecular flexibility index (Phi) is 50.1. The molecule has 0 heterocycles. The highest BCUT2D eigenvalue weighted by atomic mass is 16.5. The third kappa shape index (κ3) is 47.6. The van der Waals surface area contributed by atoms with Crippen molar-refractivity contribution in [2.24, 2.45) is 0 Å². The first-order valence-electron chi connectivity index (χ1n) is 27.3. The van der Waals surface area contributed by atoms with Gasteiger partial charge >= 0.3 is 5.97 Å². The fourth-order valence-electron chi connectivity index (χ4n) is 8.21. The van der Waals surface area contributed by atoms with Crippen molar-refractivity contribution < 1.29 is 24.5 Å². The first-order valence-corrected chi connectivity index (χ1v) is 27.3. The number of unbranched alkanes of at least 4 members (excludes halogenated alkanes) is 35. The third-order valence-electron chi connectivity index (χ3n) is 12.4. The summed E-state index contributed by atoms with van der Waals surface area (Å²) >= 11 is 0. The van der Waals surface area contributed by atoms with Gasteiger partial charge in [-0.15, -0.1) is 0 Å². The lowest BCUT2D eigenvalue weighted by Gasteiger charge is -2.19. The van der Waals surface area contributed by atoms with E-state index in [1.807, 2.05) is 12.2 Å². The van der Waals surface area contributed by atoms with Gasteiger partial charge in [0.1, 0.15) is 0 Å². The fraction of sp³-hybridized carbons (Fsp3) is 0.857. The minimum absolute atomic E-state index is 0.0153. The van der Waals surface area contributed by atoms with Crippen LogP contribution in [-0.2, 0) is 14.3 Å². The van der Waals surface area contributed by atoms with E-state index in [-0.39, 0.29) is 18.5 Å². The van der Waals surface area contributed by atoms with Gasteiger partial charge in [0.15, 0.2) is 0 Å². The van der Waals surface area contributed by atoms with Crippen LogP contribution in [0.5, 0.6) is 0 Å². The third-order valence-corrected chi connectivity index (χ3v) is 12.4. The molecule has 0 aromatic carbocycles. The SMILES string of the molecule is CCCCCCCCCCCCCCCC/C=C/C(O)C(CO)NC(=O)CC/C=C\C/C=C\CCCCCCCCOC(=O)CCCCCCCCCCCCCCCCCC. The van der Waals surface area contributed by atoms with Crippen molar-refractivity contribution in [3.8, 4) is 0 Å². The van der Waals surface area contributed by atoms with Crippen LogP contribution < -0.4 is 5.32 Å². The smallest absolute Gasteiger partial charge is 0.305 e. The van der Waals surface area contributed by atoms with Gasteiger partial charge in [-0.2, -0.15) is 0 Å². The second-order valence-electron chi connectivity index (χ2n) is 18.6. The predicted octanol–water partition coefficient (Wildman–Crippen LogP) is 16.5. The van der Waals surface area contributed by atoms with E-state index in [2.05, 4.69) is 37.4 Å². The van der Waals surface area contributed by atoms with Crippen LogP contribution in [0.1, 0.15) is 284 Å². The second kappa shape index (κ2) is 51.7. The number of nitrogens with one attached hydrogen (secondary N) is 1. The first-order chi connectivity index (χ1) is 30.5. The summed E-state index contributed by atoms with van der Waals surface area (Å²) in [6, 6.07) is -0.671. The Morgan fingerprint density at radius 3 is 1.26 bits per heavy atom. The van der Waals surface area contributed by atoms with Crippen LogP contribution in [-0.4, -0.2) is 47.4 Å². The number of ether oxygens (including phenoxy) is 1. The molecule has 1 amide bonds. The van der Waals surface area contributed by atoms with Gasteiger partial charge in [-0.3, -0.25) is 9.59 Å². The molecule has 0 aliphatic rings. The lowest BCUT2D eigenvalue weighted by atomic mass is 10.0. The van der Waals surface area contributed by atoms with Crippen LogP contribution in [0, 0.1) is 0 Å². The molecule has 0 saturated heterocycles. The number of allylic oxidation sites excluding steroid dienone is 5. The van der Waals surface area contributed by atoms with Gasteiger partial charge < -0.3 is 20.3 Å². The van der Waals surface area contributed by atoms with Crippen molar-refractivity contribution in [2.75, 3.05) is 13.2 Å². The maximum Gasteiger partial charge on any atom is 0.305 e. The standard InChI is InChI=1S/C56H105NO5/c1-3-5-7-9-11-13-15-17-19-21-24-28-32-36-40-44-48-54(59)53(52-58)57-55(60)49-45-41-37-33-29-25-23-27-31-35-39-43-47-51-62-56(61)50-46-42-38-34-30-26-22-20-18-16-14-12-10-8-6-4-2/h25,29,37,41,44,48,53-54,58-59H,3-24,26-28,30-36,38-40,42-43,45-47,49-52H2,1-2H3,(H,57,60)/b29-25-,41-37-,48-44+. The zero-order valence-corrected chi connectivity index (χ0v) is 41.4. The van der Waals surface area contributed by atoms with Crippen molar-refractivity contribution in [2.45, 2.75) is 296 Å². The molecule has 0 aliphatic carbocycles. The highest BCUT2D eigenvalue weighted by Crippen LogP contribution is 2.16. The van der Waals surface area contributed by atoms with Gasteiger partial charge in [0, 0.05) is 12.8 Å². The van der Waals surface area contributed by atoms with Crippen LogP contribution in [0.2, 0.25) is 0 Å². The van der Waals surface area contributed by atoms with Crippen molar-refractivity contribution in [1.82, 2.24) is 5.32 Å². The number of hydrogen-bond donors (Lipinski definition) is 3. The molecule has 0 radical (unpaired) electrons. The Hall–Kier alpha value is -1.92. The summed E-state index contributed by atoms with van der Waals surface area (Å²) < 4.78 is 5.46. The summed E-state index contributed by atoms with van der Waals surface area (Å²) in [7, 11) is 0. The molecule has 0 aliphatic heterocycles. The Morgan fingerprint density at radius 1 is 0.452 bits per heavy atom. The summed E-state index contributed by atoms with van der Waals surface area (Å²) in [5.74, 6) is -0.163. The predicted molar refractivity (Wildman–Crippen MR) is 269 cm³/mol. The van der Waals surface area contributed by atoms with Gasteiger partial charge in [0.25, 0.3) is 0 Å². The van der Waals surface area contributed by atoms with E-state index in [1.165, 1.54) is 199 Å². The largest absolute Gasteiger partial charge is 0.466 e. The summed E-state index contributed by atoms with van der Waals surface area (Å²) in [4.78, 5) is 24.4. The monoisotopic (exact) mass is 872 g/mol. The van der Waals surface area contributed by atoms with E-state index < -0.39 is 12.1 Å². The molecule has 364 valence electrons. The van der Waals surface area contributed by atoms with Gasteiger partial charge in [0.05, 0.1) is 25.4 Å². The van der Waals surface area contributed by atoms with Gasteiger partial charge in [-0.1, -0.05) is 256 Å². The highest BCUT2D eigenvalue weighted by molar-refractivity contribution is 5.76. The average Bonchev–Trinajstić information content (AvgIpc) is 3.27. The maximum absolute atomic E-state index is 12.4. The van der Waals surface area contributed by atoms with E-state index >= 15 is 0 Å². The number of amides is 1. The topological polar surface area (TPSA) is 95.9 Å². The lowest BCUT2D eigenvalue weighted by Crippen LogP contribution is -2.45. The summed E-state index contributed by atoms with van der Waals surface area (Å²) in [5.41, 5.74) is 0. The van der Waals surface area contributed by atoms with Crippen molar-refractivity contribution in [3.63, 3.8) is 0 Å². The number of carbonyl (C=O) groups excluding carboxylic acids is 2. The van der Waals surface area contributed by atoms with Crippen LogP contribution in [0.25, 0.3) is 0 Å². The minimum atomic E-state index is -0.879. The number of esters is 1. The van der Waals surface area contributed by atoms with E-state index in [1.54, 1.807) is 6.08 Å². The Bertz CT molecular complexity index is 1010. The molecule has 0 rings (SSSR count). The Balaban J connectivity index is 3.56. The molecule has 0 bridgehead atoms. The quantitative estimate of drug-likeness (QED) is 0.0321. The zero-order valence-electron chi connectivity index (χ0n) is 41.4. The first kappa shape index (κ1) is 60.1. The molecule has 0 spiro atoms. The molecule has 2 unspecified atom stereocenters. The van der Waals surface area contributed by atoms with Gasteiger partial charge in [0.2, 0.25) is 5.91 Å². The molecule has 62 heavy (non-hydrogen) atoms. The molecule has 6 heteroatoms. The molecule has 6 nitrogen and oxygen atoms in total. The van der Waals surface area contributed by atoms with E-state index in [9.17, 15) is 19.8 Å². The number of aliphatic hydroxyl groups excluding tert-OH is 2. The van der Waals surface area contributed by atoms with Crippen molar-refractivity contribution in [1.29, 1.82) is 0 Å². The summed E-state index contributed by atoms with van der Waals surface area (Å²) in [6.45, 7) is 4.85. The van der Waals surface area contributed by atoms with E-state index in [0.717, 1.165) is 51.4 Å². The zero-order chi connectivity index (χ0) is 45.1. The van der Waals surface area contributed by atoms with E-state index in [0.29, 0.717) is 25.9 Å². The Labute approximate surface area is 385 Å². The van der Waals surface area contributed by atoms with Crippen LogP contribution in [0.4, 0.5) is 0 Å². The molecule has 0 aromatic rings. The maximum atomic E-state index is 12.4. The molecule has 0 fully saturated rings. The molecule has 3 N–H and O–H groups in total. The average molecular weight is 872 g/mol. The van der Waals surface area contributed by atoms with Crippen molar-refractivity contribution in [3.05, 3.63) is 36.5 Å². The van der Waals surface area contributed by atoms with E-state index in [4.69, 9.17) is 4.74 Å². The molecule has 0 aromatic heterocycles. The summed E-state index contributed by atoms with van der Waals surface area (Å²) in [6.07, 6.45) is 63.1. The van der Waals surface area contributed by atoms with Crippen LogP contribution in [0.3, 0.4) is 0 Å². The Morgan fingerprint density at radius 2 is 0.823 bits per heavy atom. The molecule has 2 atom stereocenters. The van der Waals surface area contributed by atoms with Crippen molar-refractivity contribution >= 4 is 11.9 Å². The lowest BCUT2D eigenvalue weighted by molar-refractivity contribution is -0.143. The molecular weight excluding hydrogens is 767 g/mol. The number of rotatable bonds is 50. The summed E-state index contributed by atoms with van der Waals surface area (Å²) in [5, 5.41) is 23.0. The number of carbonyl (C=O) groups is 2. The molecular formula is C56H105NO5. The highest BCUT2D eigenvalue weighted by Gasteiger charge is 2.17. The fourth-order valence-corrected chi connectivity index (χ4v) is 8.21. The second-order valence-corrected chi connectivity index (χ2v) is 18.6. The molecule has 0 saturated carbocycles. The minimum Gasteiger partial charge on any atom is -0.466 e. The van der Waals surface area contributed by atoms with Gasteiger partial charge in [-0.25, -0.2) is 0 Å².